The Morgan fingerprint density at radius 1 is 1.46 bits per heavy atom. The highest BCUT2D eigenvalue weighted by atomic mass is 16.5. The number of ketones is 1. The Hall–Kier alpha value is -1.31. The lowest BCUT2D eigenvalue weighted by atomic mass is 10.0. The number of rotatable bonds is 1. The summed E-state index contributed by atoms with van der Waals surface area (Å²) >= 11 is 0. The van der Waals surface area contributed by atoms with Crippen LogP contribution in [0.2, 0.25) is 0 Å². The number of ether oxygens (including phenoxy) is 1. The molecule has 0 atom stereocenters. The number of hydrogen-bond acceptors (Lipinski definition) is 2. The lowest BCUT2D eigenvalue weighted by molar-refractivity contribution is 0.0933. The molecule has 0 N–H and O–H groups in total. The molecule has 0 amide bonds. The van der Waals surface area contributed by atoms with E-state index in [-0.39, 0.29) is 5.78 Å². The number of fused-ring (bicyclic) bond motifs is 1. The summed E-state index contributed by atoms with van der Waals surface area (Å²) in [6.07, 6.45) is 1.49. The third kappa shape index (κ3) is 1.44. The van der Waals surface area contributed by atoms with Crippen molar-refractivity contribution in [3.05, 3.63) is 29.3 Å². The molecule has 0 saturated carbocycles. The highest BCUT2D eigenvalue weighted by molar-refractivity contribution is 5.99. The van der Waals surface area contributed by atoms with E-state index < -0.39 is 0 Å². The van der Waals surface area contributed by atoms with Crippen molar-refractivity contribution in [3.8, 4) is 5.75 Å². The van der Waals surface area contributed by atoms with Gasteiger partial charge in [0.05, 0.1) is 12.2 Å². The van der Waals surface area contributed by atoms with E-state index in [9.17, 15) is 4.79 Å². The Morgan fingerprint density at radius 2 is 2.31 bits per heavy atom. The molecule has 68 valence electrons. The van der Waals surface area contributed by atoms with Crippen LogP contribution in [0.4, 0.5) is 0 Å². The van der Waals surface area contributed by atoms with Crippen LogP contribution in [0.3, 0.4) is 0 Å². The molecule has 1 aromatic carbocycles. The predicted molar refractivity (Wildman–Crippen MR) is 50.3 cm³/mol. The van der Waals surface area contributed by atoms with Gasteiger partial charge in [0.1, 0.15) is 5.75 Å². The Bertz CT molecular complexity index is 342. The lowest BCUT2D eigenvalue weighted by Crippen LogP contribution is -2.15. The number of benzene rings is 1. The molecular weight excluding hydrogens is 164 g/mol. The molecule has 13 heavy (non-hydrogen) atoms. The monoisotopic (exact) mass is 176 g/mol. The summed E-state index contributed by atoms with van der Waals surface area (Å²) in [4.78, 5) is 11.4. The summed E-state index contributed by atoms with van der Waals surface area (Å²) in [5.74, 6) is 0.958. The second-order valence-electron chi connectivity index (χ2n) is 3.21. The predicted octanol–water partition coefficient (Wildman–Crippen LogP) is 2.21. The van der Waals surface area contributed by atoms with Crippen LogP contribution in [0.1, 0.15) is 29.3 Å². The van der Waals surface area contributed by atoms with Crippen molar-refractivity contribution in [1.29, 1.82) is 0 Å². The zero-order chi connectivity index (χ0) is 9.26. The van der Waals surface area contributed by atoms with E-state index in [0.717, 1.165) is 17.7 Å². The van der Waals surface area contributed by atoms with E-state index >= 15 is 0 Å². The molecular formula is C11H12O2. The maximum Gasteiger partial charge on any atom is 0.169 e. The van der Waals surface area contributed by atoms with Gasteiger partial charge in [-0.3, -0.25) is 4.79 Å². The molecule has 1 aliphatic heterocycles. The molecule has 0 aliphatic carbocycles. The summed E-state index contributed by atoms with van der Waals surface area (Å²) < 4.78 is 5.42. The van der Waals surface area contributed by atoms with Crippen molar-refractivity contribution < 1.29 is 9.53 Å². The Labute approximate surface area is 77.5 Å². The summed E-state index contributed by atoms with van der Waals surface area (Å²) in [7, 11) is 0. The Balaban J connectivity index is 2.45. The summed E-state index contributed by atoms with van der Waals surface area (Å²) in [5, 5.41) is 0. The smallest absolute Gasteiger partial charge is 0.169 e. The summed E-state index contributed by atoms with van der Waals surface area (Å²) in [5.41, 5.74) is 1.96. The van der Waals surface area contributed by atoms with Gasteiger partial charge in [-0.2, -0.15) is 0 Å². The number of carbonyl (C=O) groups excluding carboxylic acids is 1. The van der Waals surface area contributed by atoms with Gasteiger partial charge in [-0.25, -0.2) is 0 Å². The molecule has 1 aromatic rings. The van der Waals surface area contributed by atoms with Gasteiger partial charge >= 0.3 is 0 Å². The fourth-order valence-electron chi connectivity index (χ4n) is 1.52. The van der Waals surface area contributed by atoms with Crippen LogP contribution in [0.25, 0.3) is 0 Å². The largest absolute Gasteiger partial charge is 0.492 e. The fraction of sp³-hybridized carbons (Fsp3) is 0.364. The first-order chi connectivity index (χ1) is 6.31. The quantitative estimate of drug-likeness (QED) is 0.655. The average molecular weight is 176 g/mol. The number of carbonyl (C=O) groups is 1. The number of hydrogen-bond donors (Lipinski definition) is 0. The van der Waals surface area contributed by atoms with E-state index in [0.29, 0.717) is 13.0 Å². The number of Topliss-reactive ketones (excluding diaryl/α,β-unsaturated/α-hetero) is 1. The van der Waals surface area contributed by atoms with Crippen LogP contribution in [-0.2, 0) is 6.42 Å². The molecule has 0 radical (unpaired) electrons. The van der Waals surface area contributed by atoms with Crippen molar-refractivity contribution in [2.24, 2.45) is 0 Å². The Morgan fingerprint density at radius 3 is 3.08 bits per heavy atom. The van der Waals surface area contributed by atoms with Gasteiger partial charge < -0.3 is 4.74 Å². The molecule has 1 aliphatic rings. The maximum absolute atomic E-state index is 11.4. The molecule has 0 aromatic heterocycles. The standard InChI is InChI=1S/C11H12O2/c1-2-8-3-4-9-10(12)5-6-13-11(9)7-8/h3-4,7H,2,5-6H2,1H3. The highest BCUT2D eigenvalue weighted by Crippen LogP contribution is 2.25. The zero-order valence-electron chi connectivity index (χ0n) is 7.67. The third-order valence-corrected chi connectivity index (χ3v) is 2.34. The molecule has 0 unspecified atom stereocenters. The van der Waals surface area contributed by atoms with Crippen molar-refractivity contribution in [1.82, 2.24) is 0 Å². The fourth-order valence-corrected chi connectivity index (χ4v) is 1.52. The van der Waals surface area contributed by atoms with Gasteiger partial charge in [-0.1, -0.05) is 13.0 Å². The van der Waals surface area contributed by atoms with Crippen LogP contribution in [0.15, 0.2) is 18.2 Å². The molecule has 2 nitrogen and oxygen atoms in total. The summed E-state index contributed by atoms with van der Waals surface area (Å²) in [6, 6.07) is 5.83. The van der Waals surface area contributed by atoms with Crippen LogP contribution in [-0.4, -0.2) is 12.4 Å². The second-order valence-corrected chi connectivity index (χ2v) is 3.21. The van der Waals surface area contributed by atoms with Gasteiger partial charge in [0.15, 0.2) is 5.78 Å². The third-order valence-electron chi connectivity index (χ3n) is 2.34. The minimum Gasteiger partial charge on any atom is -0.492 e. The van der Waals surface area contributed by atoms with E-state index in [1.54, 1.807) is 0 Å². The van der Waals surface area contributed by atoms with Gasteiger partial charge in [-0.15, -0.1) is 0 Å². The van der Waals surface area contributed by atoms with Crippen LogP contribution in [0, 0.1) is 0 Å². The van der Waals surface area contributed by atoms with E-state index in [1.807, 2.05) is 18.2 Å². The van der Waals surface area contributed by atoms with E-state index in [1.165, 1.54) is 5.56 Å². The first-order valence-corrected chi connectivity index (χ1v) is 4.60. The first kappa shape index (κ1) is 8.30. The van der Waals surface area contributed by atoms with Crippen molar-refractivity contribution in [2.45, 2.75) is 19.8 Å². The van der Waals surface area contributed by atoms with Crippen molar-refractivity contribution in [2.75, 3.05) is 6.61 Å². The highest BCUT2D eigenvalue weighted by Gasteiger charge is 2.17. The minimum atomic E-state index is 0.198. The normalized spacial score (nSPS) is 15.0. The minimum absolute atomic E-state index is 0.198. The number of aryl methyl sites for hydroxylation is 1. The van der Waals surface area contributed by atoms with Crippen LogP contribution in [0.5, 0.6) is 5.75 Å². The SMILES string of the molecule is CCc1ccc2c(c1)OCCC2=O. The van der Waals surface area contributed by atoms with Gasteiger partial charge in [0, 0.05) is 6.42 Å². The molecule has 1 heterocycles. The molecule has 0 fully saturated rings. The lowest BCUT2D eigenvalue weighted by Gasteiger charge is -2.16. The maximum atomic E-state index is 11.4. The van der Waals surface area contributed by atoms with Crippen molar-refractivity contribution >= 4 is 5.78 Å². The average Bonchev–Trinajstić information content (AvgIpc) is 2.18. The molecule has 0 saturated heterocycles. The molecule has 2 rings (SSSR count). The van der Waals surface area contributed by atoms with Gasteiger partial charge in [0.25, 0.3) is 0 Å². The van der Waals surface area contributed by atoms with Crippen LogP contribution < -0.4 is 4.74 Å². The molecule has 2 heteroatoms. The second kappa shape index (κ2) is 3.21. The summed E-state index contributed by atoms with van der Waals surface area (Å²) in [6.45, 7) is 2.62. The topological polar surface area (TPSA) is 26.3 Å². The molecule has 0 bridgehead atoms. The first-order valence-electron chi connectivity index (χ1n) is 4.60. The Kier molecular flexibility index (Phi) is 2.05. The molecule has 0 spiro atoms. The van der Waals surface area contributed by atoms with Gasteiger partial charge in [0.2, 0.25) is 0 Å². The van der Waals surface area contributed by atoms with E-state index in [2.05, 4.69) is 6.92 Å². The van der Waals surface area contributed by atoms with Crippen molar-refractivity contribution in [3.63, 3.8) is 0 Å². The van der Waals surface area contributed by atoms with Gasteiger partial charge in [-0.05, 0) is 24.1 Å². The van der Waals surface area contributed by atoms with Crippen LogP contribution >= 0.6 is 0 Å². The zero-order valence-corrected chi connectivity index (χ0v) is 7.67. The van der Waals surface area contributed by atoms with E-state index in [4.69, 9.17) is 4.74 Å².